The molecule has 0 saturated carbocycles. The molecular formula is C13H16BrNO. The molecule has 0 aliphatic rings. The third-order valence-electron chi connectivity index (χ3n) is 2.07. The van der Waals surface area contributed by atoms with E-state index < -0.39 is 0 Å². The van der Waals surface area contributed by atoms with Crippen LogP contribution < -0.4 is 10.1 Å². The SMILES string of the molecule is CC#CCCOc1c(Br)cccc1CNC. The Labute approximate surface area is 106 Å². The summed E-state index contributed by atoms with van der Waals surface area (Å²) >= 11 is 3.50. The molecule has 0 fully saturated rings. The van der Waals surface area contributed by atoms with Gasteiger partial charge in [-0.25, -0.2) is 0 Å². The van der Waals surface area contributed by atoms with Crippen LogP contribution in [0.1, 0.15) is 18.9 Å². The molecule has 0 saturated heterocycles. The van der Waals surface area contributed by atoms with Crippen molar-refractivity contribution in [2.75, 3.05) is 13.7 Å². The van der Waals surface area contributed by atoms with E-state index in [4.69, 9.17) is 4.74 Å². The van der Waals surface area contributed by atoms with Crippen LogP contribution in [0.3, 0.4) is 0 Å². The van der Waals surface area contributed by atoms with Gasteiger partial charge in [-0.15, -0.1) is 11.8 Å². The van der Waals surface area contributed by atoms with Gasteiger partial charge in [0, 0.05) is 18.5 Å². The number of nitrogens with one attached hydrogen (secondary N) is 1. The first-order chi connectivity index (χ1) is 7.79. The van der Waals surface area contributed by atoms with Crippen LogP contribution in [0.5, 0.6) is 5.75 Å². The highest BCUT2D eigenvalue weighted by molar-refractivity contribution is 9.10. The maximum Gasteiger partial charge on any atom is 0.137 e. The van der Waals surface area contributed by atoms with Gasteiger partial charge in [0.2, 0.25) is 0 Å². The van der Waals surface area contributed by atoms with E-state index in [1.54, 1.807) is 0 Å². The highest BCUT2D eigenvalue weighted by Crippen LogP contribution is 2.29. The predicted molar refractivity (Wildman–Crippen MR) is 70.5 cm³/mol. The first kappa shape index (κ1) is 13.1. The Kier molecular flexibility index (Phi) is 5.99. The van der Waals surface area contributed by atoms with Crippen LogP contribution in [0, 0.1) is 11.8 Å². The zero-order chi connectivity index (χ0) is 11.8. The van der Waals surface area contributed by atoms with Crippen LogP contribution in [0.25, 0.3) is 0 Å². The molecule has 0 bridgehead atoms. The average molecular weight is 282 g/mol. The van der Waals surface area contributed by atoms with E-state index in [1.807, 2.05) is 26.1 Å². The second-order valence-corrected chi connectivity index (χ2v) is 4.14. The van der Waals surface area contributed by atoms with Crippen molar-refractivity contribution in [1.29, 1.82) is 0 Å². The van der Waals surface area contributed by atoms with Crippen molar-refractivity contribution < 1.29 is 4.74 Å². The van der Waals surface area contributed by atoms with Gasteiger partial charge in [-0.3, -0.25) is 0 Å². The Bertz CT molecular complexity index is 393. The lowest BCUT2D eigenvalue weighted by Crippen LogP contribution is -2.08. The number of hydrogen-bond acceptors (Lipinski definition) is 2. The summed E-state index contributed by atoms with van der Waals surface area (Å²) in [5, 5.41) is 3.12. The molecule has 1 N–H and O–H groups in total. The molecule has 16 heavy (non-hydrogen) atoms. The van der Waals surface area contributed by atoms with Crippen molar-refractivity contribution in [3.8, 4) is 17.6 Å². The first-order valence-electron chi connectivity index (χ1n) is 5.24. The molecular weight excluding hydrogens is 266 g/mol. The molecule has 86 valence electrons. The lowest BCUT2D eigenvalue weighted by molar-refractivity contribution is 0.321. The Balaban J connectivity index is 2.70. The monoisotopic (exact) mass is 281 g/mol. The van der Waals surface area contributed by atoms with E-state index in [-0.39, 0.29) is 0 Å². The van der Waals surface area contributed by atoms with Crippen LogP contribution in [0.4, 0.5) is 0 Å². The number of halogens is 1. The topological polar surface area (TPSA) is 21.3 Å². The number of ether oxygens (including phenoxy) is 1. The summed E-state index contributed by atoms with van der Waals surface area (Å²) in [6, 6.07) is 6.05. The van der Waals surface area contributed by atoms with E-state index in [0.29, 0.717) is 6.61 Å². The second-order valence-electron chi connectivity index (χ2n) is 3.28. The van der Waals surface area contributed by atoms with Gasteiger partial charge in [-0.2, -0.15) is 0 Å². The van der Waals surface area contributed by atoms with Crippen LogP contribution >= 0.6 is 15.9 Å². The molecule has 0 unspecified atom stereocenters. The summed E-state index contributed by atoms with van der Waals surface area (Å²) < 4.78 is 6.72. The zero-order valence-corrected chi connectivity index (χ0v) is 11.2. The fourth-order valence-corrected chi connectivity index (χ4v) is 1.90. The summed E-state index contributed by atoms with van der Waals surface area (Å²) in [4.78, 5) is 0. The average Bonchev–Trinajstić information content (AvgIpc) is 2.28. The van der Waals surface area contributed by atoms with Crippen LogP contribution in [-0.4, -0.2) is 13.7 Å². The fraction of sp³-hybridized carbons (Fsp3) is 0.385. The number of rotatable bonds is 5. The van der Waals surface area contributed by atoms with E-state index in [0.717, 1.165) is 28.8 Å². The predicted octanol–water partition coefficient (Wildman–Crippen LogP) is 2.96. The van der Waals surface area contributed by atoms with E-state index in [1.165, 1.54) is 0 Å². The Hall–Kier alpha value is -0.980. The normalized spacial score (nSPS) is 9.44. The van der Waals surface area contributed by atoms with Crippen molar-refractivity contribution in [1.82, 2.24) is 5.32 Å². The van der Waals surface area contributed by atoms with Gasteiger partial charge in [0.15, 0.2) is 0 Å². The highest BCUT2D eigenvalue weighted by Gasteiger charge is 2.06. The lowest BCUT2D eigenvalue weighted by atomic mass is 10.2. The van der Waals surface area contributed by atoms with Crippen molar-refractivity contribution in [3.05, 3.63) is 28.2 Å². The first-order valence-corrected chi connectivity index (χ1v) is 6.03. The van der Waals surface area contributed by atoms with Gasteiger partial charge in [0.25, 0.3) is 0 Å². The Morgan fingerprint density at radius 3 is 2.94 bits per heavy atom. The lowest BCUT2D eigenvalue weighted by Gasteiger charge is -2.12. The minimum Gasteiger partial charge on any atom is -0.491 e. The summed E-state index contributed by atoms with van der Waals surface area (Å²) in [7, 11) is 1.92. The fourth-order valence-electron chi connectivity index (χ4n) is 1.37. The zero-order valence-electron chi connectivity index (χ0n) is 9.64. The summed E-state index contributed by atoms with van der Waals surface area (Å²) in [5.74, 6) is 6.75. The van der Waals surface area contributed by atoms with Gasteiger partial charge in [0.1, 0.15) is 5.75 Å². The summed E-state index contributed by atoms with van der Waals surface area (Å²) in [6.45, 7) is 3.26. The van der Waals surface area contributed by atoms with Gasteiger partial charge in [-0.1, -0.05) is 12.1 Å². The highest BCUT2D eigenvalue weighted by atomic mass is 79.9. The molecule has 1 aromatic carbocycles. The quantitative estimate of drug-likeness (QED) is 0.662. The molecule has 0 aromatic heterocycles. The van der Waals surface area contributed by atoms with Crippen molar-refractivity contribution in [3.63, 3.8) is 0 Å². The molecule has 1 aromatic rings. The van der Waals surface area contributed by atoms with Gasteiger partial charge < -0.3 is 10.1 Å². The molecule has 3 heteroatoms. The molecule has 0 aliphatic heterocycles. The Morgan fingerprint density at radius 1 is 1.44 bits per heavy atom. The van der Waals surface area contributed by atoms with Crippen LogP contribution in [0.15, 0.2) is 22.7 Å². The Morgan fingerprint density at radius 2 is 2.25 bits per heavy atom. The minimum atomic E-state index is 0.625. The van der Waals surface area contributed by atoms with E-state index in [2.05, 4.69) is 39.2 Å². The van der Waals surface area contributed by atoms with Crippen molar-refractivity contribution in [2.45, 2.75) is 19.9 Å². The molecule has 0 heterocycles. The minimum absolute atomic E-state index is 0.625. The third-order valence-corrected chi connectivity index (χ3v) is 2.69. The molecule has 0 spiro atoms. The van der Waals surface area contributed by atoms with Gasteiger partial charge in [0.05, 0.1) is 11.1 Å². The third kappa shape index (κ3) is 3.88. The van der Waals surface area contributed by atoms with Crippen molar-refractivity contribution in [2.24, 2.45) is 0 Å². The second kappa shape index (κ2) is 7.32. The maximum atomic E-state index is 5.73. The number of benzene rings is 1. The van der Waals surface area contributed by atoms with Crippen molar-refractivity contribution >= 4 is 15.9 Å². The molecule has 0 radical (unpaired) electrons. The maximum absolute atomic E-state index is 5.73. The number of para-hydroxylation sites is 1. The molecule has 0 aliphatic carbocycles. The van der Waals surface area contributed by atoms with Crippen LogP contribution in [-0.2, 0) is 6.54 Å². The van der Waals surface area contributed by atoms with E-state index in [9.17, 15) is 0 Å². The standard InChI is InChI=1S/C13H16BrNO/c1-3-4-5-9-16-13-11(10-15-2)7-6-8-12(13)14/h6-8,15H,5,9-10H2,1-2H3. The van der Waals surface area contributed by atoms with E-state index >= 15 is 0 Å². The summed E-state index contributed by atoms with van der Waals surface area (Å²) in [6.07, 6.45) is 0.761. The molecule has 0 amide bonds. The largest absolute Gasteiger partial charge is 0.491 e. The van der Waals surface area contributed by atoms with Crippen LogP contribution in [0.2, 0.25) is 0 Å². The number of hydrogen-bond donors (Lipinski definition) is 1. The molecule has 0 atom stereocenters. The molecule has 1 rings (SSSR count). The molecule has 2 nitrogen and oxygen atoms in total. The summed E-state index contributed by atoms with van der Waals surface area (Å²) in [5.41, 5.74) is 1.15. The van der Waals surface area contributed by atoms with Gasteiger partial charge >= 0.3 is 0 Å². The van der Waals surface area contributed by atoms with Gasteiger partial charge in [-0.05, 0) is 36.0 Å². The smallest absolute Gasteiger partial charge is 0.137 e.